The molecule has 0 amide bonds. The number of oxazole rings is 1. The van der Waals surface area contributed by atoms with Crippen LogP contribution in [0.4, 0.5) is 0 Å². The average Bonchev–Trinajstić information content (AvgIpc) is 3.07. The lowest BCUT2D eigenvalue weighted by Gasteiger charge is -2.06. The summed E-state index contributed by atoms with van der Waals surface area (Å²) in [5.41, 5.74) is 1.91. The third kappa shape index (κ3) is 2.46. The van der Waals surface area contributed by atoms with Gasteiger partial charge in [0.25, 0.3) is 0 Å². The zero-order chi connectivity index (χ0) is 17.6. The topological polar surface area (TPSA) is 86.7 Å². The molecule has 0 fully saturated rings. The molecule has 124 valence electrons. The highest BCUT2D eigenvalue weighted by molar-refractivity contribution is 5.96. The summed E-state index contributed by atoms with van der Waals surface area (Å²) in [5.74, 6) is 0.530. The second-order valence-corrected chi connectivity index (χ2v) is 5.87. The van der Waals surface area contributed by atoms with Gasteiger partial charge in [0.2, 0.25) is 5.89 Å². The summed E-state index contributed by atoms with van der Waals surface area (Å²) >= 11 is 0. The number of nitrogens with zero attached hydrogens (tertiary/aromatic N) is 1. The van der Waals surface area contributed by atoms with Gasteiger partial charge in [-0.05, 0) is 53.6 Å². The fraction of sp³-hybridized carbons (Fsp3) is 0.0500. The standard InChI is InChI=1S/C20H15NO4/c1-11-8-15-12(9-17(11)23)4-2-5-13(15)20-21-10-18(25-20)14-6-3-7-16(22)19(14)24/h2-10,22-24H,1H3. The van der Waals surface area contributed by atoms with Crippen molar-refractivity contribution in [3.8, 4) is 40.0 Å². The Bertz CT molecular complexity index is 1100. The lowest BCUT2D eigenvalue weighted by Crippen LogP contribution is -1.83. The first-order chi connectivity index (χ1) is 12.0. The number of fused-ring (bicyclic) bond motifs is 1. The number of aromatic hydroxyl groups is 3. The molecule has 5 heteroatoms. The number of rotatable bonds is 2. The van der Waals surface area contributed by atoms with E-state index < -0.39 is 0 Å². The highest BCUT2D eigenvalue weighted by atomic mass is 16.4. The highest BCUT2D eigenvalue weighted by Gasteiger charge is 2.16. The van der Waals surface area contributed by atoms with Crippen LogP contribution in [-0.2, 0) is 0 Å². The predicted molar refractivity (Wildman–Crippen MR) is 94.6 cm³/mol. The summed E-state index contributed by atoms with van der Waals surface area (Å²) in [6.45, 7) is 1.83. The highest BCUT2D eigenvalue weighted by Crippen LogP contribution is 2.38. The smallest absolute Gasteiger partial charge is 0.227 e. The number of hydrogen-bond donors (Lipinski definition) is 3. The second kappa shape index (κ2) is 5.56. The Morgan fingerprint density at radius 2 is 1.64 bits per heavy atom. The molecule has 3 aromatic carbocycles. The molecule has 0 aliphatic rings. The molecule has 4 aromatic rings. The van der Waals surface area contributed by atoms with E-state index in [9.17, 15) is 15.3 Å². The van der Waals surface area contributed by atoms with Crippen LogP contribution in [0.25, 0.3) is 33.6 Å². The van der Waals surface area contributed by atoms with Gasteiger partial charge in [-0.15, -0.1) is 0 Å². The van der Waals surface area contributed by atoms with Crippen molar-refractivity contribution in [2.75, 3.05) is 0 Å². The van der Waals surface area contributed by atoms with Crippen LogP contribution in [0.1, 0.15) is 5.56 Å². The van der Waals surface area contributed by atoms with Crippen molar-refractivity contribution in [3.05, 3.63) is 60.3 Å². The zero-order valence-corrected chi connectivity index (χ0v) is 13.4. The van der Waals surface area contributed by atoms with Gasteiger partial charge in [-0.1, -0.05) is 18.2 Å². The van der Waals surface area contributed by atoms with Crippen molar-refractivity contribution >= 4 is 10.8 Å². The molecule has 3 N–H and O–H groups in total. The molecule has 0 saturated heterocycles. The minimum absolute atomic E-state index is 0.216. The summed E-state index contributed by atoms with van der Waals surface area (Å²) < 4.78 is 5.83. The van der Waals surface area contributed by atoms with Gasteiger partial charge in [0.15, 0.2) is 17.3 Å². The summed E-state index contributed by atoms with van der Waals surface area (Å²) in [4.78, 5) is 4.31. The van der Waals surface area contributed by atoms with E-state index >= 15 is 0 Å². The maximum atomic E-state index is 10.0. The van der Waals surface area contributed by atoms with E-state index in [2.05, 4.69) is 4.98 Å². The van der Waals surface area contributed by atoms with Gasteiger partial charge in [0, 0.05) is 5.56 Å². The molecule has 1 heterocycles. The molecule has 0 unspecified atom stereocenters. The molecular weight excluding hydrogens is 318 g/mol. The van der Waals surface area contributed by atoms with Crippen LogP contribution >= 0.6 is 0 Å². The van der Waals surface area contributed by atoms with E-state index in [0.29, 0.717) is 17.2 Å². The van der Waals surface area contributed by atoms with Crippen LogP contribution < -0.4 is 0 Å². The Morgan fingerprint density at radius 1 is 0.880 bits per heavy atom. The third-order valence-corrected chi connectivity index (χ3v) is 4.21. The molecule has 0 aliphatic carbocycles. The molecule has 0 aliphatic heterocycles. The maximum Gasteiger partial charge on any atom is 0.227 e. The maximum absolute atomic E-state index is 10.0. The first-order valence-electron chi connectivity index (χ1n) is 7.74. The van der Waals surface area contributed by atoms with Crippen LogP contribution in [-0.4, -0.2) is 20.3 Å². The number of hydrogen-bond acceptors (Lipinski definition) is 5. The van der Waals surface area contributed by atoms with Gasteiger partial charge in [-0.25, -0.2) is 4.98 Å². The molecule has 0 bridgehead atoms. The van der Waals surface area contributed by atoms with Crippen molar-refractivity contribution < 1.29 is 19.7 Å². The molecule has 0 radical (unpaired) electrons. The Hall–Kier alpha value is -3.47. The van der Waals surface area contributed by atoms with Gasteiger partial charge < -0.3 is 19.7 Å². The average molecular weight is 333 g/mol. The van der Waals surface area contributed by atoms with Crippen LogP contribution in [0.3, 0.4) is 0 Å². The Labute approximate surface area is 143 Å². The van der Waals surface area contributed by atoms with Crippen LogP contribution in [0.5, 0.6) is 17.2 Å². The number of para-hydroxylation sites is 1. The van der Waals surface area contributed by atoms with Crippen molar-refractivity contribution in [1.82, 2.24) is 4.98 Å². The van der Waals surface area contributed by atoms with Crippen molar-refractivity contribution in [3.63, 3.8) is 0 Å². The molecule has 0 atom stereocenters. The van der Waals surface area contributed by atoms with Gasteiger partial charge >= 0.3 is 0 Å². The summed E-state index contributed by atoms with van der Waals surface area (Å²) in [5, 5.41) is 31.3. The van der Waals surface area contributed by atoms with E-state index in [-0.39, 0.29) is 17.2 Å². The first kappa shape index (κ1) is 15.1. The number of aromatic nitrogens is 1. The molecule has 4 rings (SSSR count). The fourth-order valence-corrected chi connectivity index (χ4v) is 2.86. The van der Waals surface area contributed by atoms with E-state index in [0.717, 1.165) is 21.9 Å². The van der Waals surface area contributed by atoms with E-state index in [1.165, 1.54) is 12.3 Å². The molecule has 0 spiro atoms. The monoisotopic (exact) mass is 333 g/mol. The summed E-state index contributed by atoms with van der Waals surface area (Å²) in [6, 6.07) is 13.9. The Morgan fingerprint density at radius 3 is 2.48 bits per heavy atom. The van der Waals surface area contributed by atoms with Gasteiger partial charge in [0.05, 0.1) is 11.8 Å². The van der Waals surface area contributed by atoms with Crippen LogP contribution in [0.15, 0.2) is 59.1 Å². The molecule has 0 saturated carbocycles. The van der Waals surface area contributed by atoms with E-state index in [4.69, 9.17) is 4.42 Å². The summed E-state index contributed by atoms with van der Waals surface area (Å²) in [7, 11) is 0. The van der Waals surface area contributed by atoms with Crippen molar-refractivity contribution in [2.24, 2.45) is 0 Å². The zero-order valence-electron chi connectivity index (χ0n) is 13.4. The Kier molecular flexibility index (Phi) is 3.35. The number of aryl methyl sites for hydroxylation is 1. The first-order valence-corrected chi connectivity index (χ1v) is 7.74. The quantitative estimate of drug-likeness (QED) is 0.467. The molecule has 25 heavy (non-hydrogen) atoms. The third-order valence-electron chi connectivity index (χ3n) is 4.21. The predicted octanol–water partition coefficient (Wildman–Crippen LogP) is 4.59. The molecule has 1 aromatic heterocycles. The number of phenolic OH excluding ortho intramolecular Hbond substituents is 3. The van der Waals surface area contributed by atoms with E-state index in [1.54, 1.807) is 18.2 Å². The van der Waals surface area contributed by atoms with Gasteiger partial charge in [0.1, 0.15) is 5.75 Å². The van der Waals surface area contributed by atoms with Gasteiger partial charge in [-0.2, -0.15) is 0 Å². The summed E-state index contributed by atoms with van der Waals surface area (Å²) in [6.07, 6.45) is 1.51. The minimum Gasteiger partial charge on any atom is -0.508 e. The normalized spacial score (nSPS) is 11.1. The van der Waals surface area contributed by atoms with Crippen LogP contribution in [0, 0.1) is 6.92 Å². The van der Waals surface area contributed by atoms with Crippen molar-refractivity contribution in [2.45, 2.75) is 6.92 Å². The largest absolute Gasteiger partial charge is 0.508 e. The van der Waals surface area contributed by atoms with Gasteiger partial charge in [-0.3, -0.25) is 0 Å². The molecule has 5 nitrogen and oxygen atoms in total. The lowest BCUT2D eigenvalue weighted by molar-refractivity contribution is 0.404. The lowest BCUT2D eigenvalue weighted by atomic mass is 10.0. The number of phenols is 3. The minimum atomic E-state index is -0.246. The van der Waals surface area contributed by atoms with Crippen molar-refractivity contribution in [1.29, 1.82) is 0 Å². The van der Waals surface area contributed by atoms with Crippen LogP contribution in [0.2, 0.25) is 0 Å². The molecular formula is C20H15NO4. The fourth-order valence-electron chi connectivity index (χ4n) is 2.86. The Balaban J connectivity index is 1.87. The van der Waals surface area contributed by atoms with E-state index in [1.807, 2.05) is 31.2 Å². The SMILES string of the molecule is Cc1cc2c(-c3ncc(-c4cccc(O)c4O)o3)cccc2cc1O. The number of benzene rings is 3. The second-order valence-electron chi connectivity index (χ2n) is 5.87.